The lowest BCUT2D eigenvalue weighted by atomic mass is 10.2. The molecule has 0 bridgehead atoms. The summed E-state index contributed by atoms with van der Waals surface area (Å²) in [6.45, 7) is 0. The Kier molecular flexibility index (Phi) is 3.46. The standard InChI is InChI=1S/C9H3Cl2F3N4O/c10-5-1-2-6(16-15-5)18-8(11)4(3-19)7(17-18)9(12,13)14/h1-3H. The average Bonchev–Trinajstić information content (AvgIpc) is 2.67. The Labute approximate surface area is 113 Å². The van der Waals surface area contributed by atoms with Gasteiger partial charge < -0.3 is 0 Å². The van der Waals surface area contributed by atoms with Crippen LogP contribution < -0.4 is 0 Å². The highest BCUT2D eigenvalue weighted by atomic mass is 35.5. The van der Waals surface area contributed by atoms with Gasteiger partial charge >= 0.3 is 6.18 Å². The summed E-state index contributed by atoms with van der Waals surface area (Å²) in [5.74, 6) is -0.0898. The van der Waals surface area contributed by atoms with Gasteiger partial charge in [0.2, 0.25) is 0 Å². The van der Waals surface area contributed by atoms with Gasteiger partial charge in [0.05, 0.1) is 5.56 Å². The molecule has 0 saturated carbocycles. The Bertz CT molecular complexity index is 624. The monoisotopic (exact) mass is 310 g/mol. The molecule has 0 saturated heterocycles. The molecule has 0 radical (unpaired) electrons. The van der Waals surface area contributed by atoms with Gasteiger partial charge in [-0.3, -0.25) is 4.79 Å². The van der Waals surface area contributed by atoms with Crippen molar-refractivity contribution in [3.63, 3.8) is 0 Å². The van der Waals surface area contributed by atoms with E-state index in [2.05, 4.69) is 15.3 Å². The van der Waals surface area contributed by atoms with E-state index in [4.69, 9.17) is 23.2 Å². The number of carbonyl (C=O) groups excluding carboxylic acids is 1. The lowest BCUT2D eigenvalue weighted by molar-refractivity contribution is -0.141. The molecule has 100 valence electrons. The molecule has 0 amide bonds. The molecule has 0 atom stereocenters. The molecule has 0 N–H and O–H groups in total. The van der Waals surface area contributed by atoms with Gasteiger partial charge in [-0.05, 0) is 12.1 Å². The van der Waals surface area contributed by atoms with Crippen LogP contribution in [0.5, 0.6) is 0 Å². The summed E-state index contributed by atoms with van der Waals surface area (Å²) in [7, 11) is 0. The third-order valence-corrected chi connectivity index (χ3v) is 2.65. The maximum Gasteiger partial charge on any atom is 0.435 e. The van der Waals surface area contributed by atoms with Crippen LogP contribution in [0, 0.1) is 0 Å². The van der Waals surface area contributed by atoms with Crippen LogP contribution in [-0.4, -0.2) is 26.3 Å². The van der Waals surface area contributed by atoms with E-state index in [9.17, 15) is 18.0 Å². The SMILES string of the molecule is O=Cc1c(C(F)(F)F)nn(-c2ccc(Cl)nn2)c1Cl. The molecule has 0 aliphatic rings. The minimum atomic E-state index is -4.80. The highest BCUT2D eigenvalue weighted by molar-refractivity contribution is 6.32. The summed E-state index contributed by atoms with van der Waals surface area (Å²) >= 11 is 11.2. The predicted octanol–water partition coefficient (Wildman–Crippen LogP) is 2.80. The van der Waals surface area contributed by atoms with Crippen molar-refractivity contribution in [3.8, 4) is 5.82 Å². The summed E-state index contributed by atoms with van der Waals surface area (Å²) in [6, 6.07) is 2.57. The van der Waals surface area contributed by atoms with Crippen molar-refractivity contribution in [1.82, 2.24) is 20.0 Å². The topological polar surface area (TPSA) is 60.7 Å². The molecule has 0 unspecified atom stereocenters. The number of nitrogens with zero attached hydrogens (tertiary/aromatic N) is 4. The fraction of sp³-hybridized carbons (Fsp3) is 0.111. The maximum absolute atomic E-state index is 12.7. The quantitative estimate of drug-likeness (QED) is 0.800. The number of aromatic nitrogens is 4. The zero-order valence-corrected chi connectivity index (χ0v) is 10.3. The molecular weight excluding hydrogens is 308 g/mol. The molecule has 10 heteroatoms. The van der Waals surface area contributed by atoms with E-state index < -0.39 is 22.6 Å². The Morgan fingerprint density at radius 3 is 2.32 bits per heavy atom. The first-order chi connectivity index (χ1) is 8.84. The molecule has 2 rings (SSSR count). The van der Waals surface area contributed by atoms with E-state index in [1.165, 1.54) is 12.1 Å². The minimum Gasteiger partial charge on any atom is -0.298 e. The molecule has 2 aromatic heterocycles. The Balaban J connectivity index is 2.63. The van der Waals surface area contributed by atoms with Gasteiger partial charge in [0.15, 0.2) is 23.0 Å². The first-order valence-electron chi connectivity index (χ1n) is 4.65. The first kappa shape index (κ1) is 13.8. The first-order valence-corrected chi connectivity index (χ1v) is 5.40. The van der Waals surface area contributed by atoms with Gasteiger partial charge in [0.1, 0.15) is 5.15 Å². The van der Waals surface area contributed by atoms with Crippen molar-refractivity contribution in [1.29, 1.82) is 0 Å². The Morgan fingerprint density at radius 2 is 1.89 bits per heavy atom. The van der Waals surface area contributed by atoms with Crippen molar-refractivity contribution in [3.05, 3.63) is 33.7 Å². The molecule has 0 fully saturated rings. The molecule has 0 aromatic carbocycles. The van der Waals surface area contributed by atoms with Crippen LogP contribution in [0.25, 0.3) is 5.82 Å². The molecular formula is C9H3Cl2F3N4O. The van der Waals surface area contributed by atoms with Crippen molar-refractivity contribution >= 4 is 29.5 Å². The second-order valence-corrected chi connectivity index (χ2v) is 4.04. The second-order valence-electron chi connectivity index (χ2n) is 3.29. The largest absolute Gasteiger partial charge is 0.435 e. The number of rotatable bonds is 2. The van der Waals surface area contributed by atoms with Crippen LogP contribution in [0.2, 0.25) is 10.3 Å². The second kappa shape index (κ2) is 4.78. The fourth-order valence-electron chi connectivity index (χ4n) is 1.30. The average molecular weight is 311 g/mol. The van der Waals surface area contributed by atoms with E-state index in [-0.39, 0.29) is 17.3 Å². The smallest absolute Gasteiger partial charge is 0.298 e. The summed E-state index contributed by atoms with van der Waals surface area (Å²) in [6.07, 6.45) is -4.82. The fourth-order valence-corrected chi connectivity index (χ4v) is 1.66. The van der Waals surface area contributed by atoms with Crippen LogP contribution in [-0.2, 0) is 6.18 Å². The molecule has 5 nitrogen and oxygen atoms in total. The van der Waals surface area contributed by atoms with E-state index in [0.717, 1.165) is 0 Å². The third kappa shape index (κ3) is 2.54. The van der Waals surface area contributed by atoms with Gasteiger partial charge in [0, 0.05) is 0 Å². The molecule has 2 heterocycles. The number of halogens is 5. The van der Waals surface area contributed by atoms with Gasteiger partial charge in [-0.25, -0.2) is 4.68 Å². The summed E-state index contributed by atoms with van der Waals surface area (Å²) < 4.78 is 38.6. The number of alkyl halides is 3. The normalized spacial score (nSPS) is 11.6. The maximum atomic E-state index is 12.7. The lowest BCUT2D eigenvalue weighted by Gasteiger charge is -2.02. The van der Waals surface area contributed by atoms with Crippen LogP contribution >= 0.6 is 23.2 Å². The highest BCUT2D eigenvalue weighted by Gasteiger charge is 2.39. The van der Waals surface area contributed by atoms with Gasteiger partial charge in [0.25, 0.3) is 0 Å². The lowest BCUT2D eigenvalue weighted by Crippen LogP contribution is -2.09. The van der Waals surface area contributed by atoms with Crippen molar-refractivity contribution in [2.75, 3.05) is 0 Å². The summed E-state index contributed by atoms with van der Waals surface area (Å²) in [5.41, 5.74) is -2.14. The number of aldehydes is 1. The van der Waals surface area contributed by atoms with E-state index in [1.807, 2.05) is 0 Å². The zero-order valence-electron chi connectivity index (χ0n) is 8.82. The predicted molar refractivity (Wildman–Crippen MR) is 59.6 cm³/mol. The molecule has 19 heavy (non-hydrogen) atoms. The molecule has 2 aromatic rings. The number of hydrogen-bond acceptors (Lipinski definition) is 4. The minimum absolute atomic E-state index is 0.0159. The van der Waals surface area contributed by atoms with Crippen LogP contribution in [0.4, 0.5) is 13.2 Å². The van der Waals surface area contributed by atoms with Crippen molar-refractivity contribution in [2.45, 2.75) is 6.18 Å². The molecule has 0 aliphatic carbocycles. The Morgan fingerprint density at radius 1 is 1.21 bits per heavy atom. The summed E-state index contributed by atoms with van der Waals surface area (Å²) in [4.78, 5) is 10.7. The van der Waals surface area contributed by atoms with E-state index in [1.54, 1.807) is 0 Å². The number of hydrogen-bond donors (Lipinski definition) is 0. The van der Waals surface area contributed by atoms with Crippen LogP contribution in [0.15, 0.2) is 12.1 Å². The Hall–Kier alpha value is -1.67. The van der Waals surface area contributed by atoms with Crippen LogP contribution in [0.3, 0.4) is 0 Å². The zero-order chi connectivity index (χ0) is 14.2. The van der Waals surface area contributed by atoms with Crippen molar-refractivity contribution in [2.24, 2.45) is 0 Å². The van der Waals surface area contributed by atoms with E-state index >= 15 is 0 Å². The molecule has 0 spiro atoms. The number of carbonyl (C=O) groups is 1. The summed E-state index contributed by atoms with van der Waals surface area (Å²) in [5, 5.41) is 9.77. The van der Waals surface area contributed by atoms with E-state index in [0.29, 0.717) is 4.68 Å². The van der Waals surface area contributed by atoms with Gasteiger partial charge in [-0.15, -0.1) is 10.2 Å². The van der Waals surface area contributed by atoms with Crippen molar-refractivity contribution < 1.29 is 18.0 Å². The third-order valence-electron chi connectivity index (χ3n) is 2.08. The van der Waals surface area contributed by atoms with Gasteiger partial charge in [-0.1, -0.05) is 23.2 Å². The van der Waals surface area contributed by atoms with Gasteiger partial charge in [-0.2, -0.15) is 18.3 Å². The van der Waals surface area contributed by atoms with Crippen LogP contribution in [0.1, 0.15) is 16.1 Å². The molecule has 0 aliphatic heterocycles. The highest BCUT2D eigenvalue weighted by Crippen LogP contribution is 2.34.